The van der Waals surface area contributed by atoms with E-state index in [1.165, 1.54) is 5.56 Å². The van der Waals surface area contributed by atoms with E-state index >= 15 is 0 Å². The molecule has 1 aliphatic rings. The molecule has 1 aromatic rings. The van der Waals surface area contributed by atoms with Crippen LogP contribution in [0.25, 0.3) is 0 Å². The summed E-state index contributed by atoms with van der Waals surface area (Å²) in [6.07, 6.45) is 3.38. The third-order valence-electron chi connectivity index (χ3n) is 4.95. The van der Waals surface area contributed by atoms with E-state index < -0.39 is 0 Å². The predicted molar refractivity (Wildman–Crippen MR) is 116 cm³/mol. The Labute approximate surface area is 176 Å². The van der Waals surface area contributed by atoms with Gasteiger partial charge in [-0.15, -0.1) is 24.8 Å². The van der Waals surface area contributed by atoms with Crippen molar-refractivity contribution in [3.05, 3.63) is 35.9 Å². The van der Waals surface area contributed by atoms with E-state index in [1.54, 1.807) is 7.11 Å². The van der Waals surface area contributed by atoms with Crippen LogP contribution in [0.2, 0.25) is 0 Å². The van der Waals surface area contributed by atoms with Crippen molar-refractivity contribution in [1.29, 1.82) is 0 Å². The maximum atomic E-state index is 12.8. The van der Waals surface area contributed by atoms with Crippen LogP contribution in [0.3, 0.4) is 0 Å². The molecule has 156 valence electrons. The molecule has 1 saturated heterocycles. The van der Waals surface area contributed by atoms with E-state index in [-0.39, 0.29) is 36.8 Å². The molecule has 1 heterocycles. The summed E-state index contributed by atoms with van der Waals surface area (Å²) in [5.41, 5.74) is 7.02. The van der Waals surface area contributed by atoms with E-state index in [0.29, 0.717) is 19.0 Å². The van der Waals surface area contributed by atoms with Gasteiger partial charge >= 0.3 is 0 Å². The van der Waals surface area contributed by atoms with Crippen molar-refractivity contribution >= 4 is 30.7 Å². The number of methoxy groups -OCH3 is 1. The van der Waals surface area contributed by atoms with E-state index in [1.807, 2.05) is 6.07 Å². The first-order valence-electron chi connectivity index (χ1n) is 9.46. The molecule has 2 unspecified atom stereocenters. The van der Waals surface area contributed by atoms with Crippen molar-refractivity contribution < 1.29 is 9.53 Å². The van der Waals surface area contributed by atoms with Crippen LogP contribution in [0, 0.1) is 0 Å². The Kier molecular flexibility index (Phi) is 13.7. The summed E-state index contributed by atoms with van der Waals surface area (Å²) < 4.78 is 5.30. The molecule has 2 atom stereocenters. The molecule has 0 saturated carbocycles. The Bertz CT molecular complexity index is 515. The third kappa shape index (κ3) is 8.36. The highest BCUT2D eigenvalue weighted by Gasteiger charge is 2.29. The first-order chi connectivity index (χ1) is 12.2. The van der Waals surface area contributed by atoms with E-state index in [4.69, 9.17) is 10.5 Å². The standard InChI is InChI=1S/C20H33N3O2.2ClH/c1-3-11-23(20(24)13-19(14-21)25-2)18-10-7-12-22(16-18)15-17-8-5-4-6-9-17;;/h4-6,8-9,18-19H,3,7,10-16,21H2,1-2H3;2*1H. The molecule has 0 aliphatic carbocycles. The van der Waals surface area contributed by atoms with Gasteiger partial charge in [-0.1, -0.05) is 37.3 Å². The summed E-state index contributed by atoms with van der Waals surface area (Å²) in [5, 5.41) is 0. The van der Waals surface area contributed by atoms with Crippen molar-refractivity contribution in [3.8, 4) is 0 Å². The molecule has 2 N–H and O–H groups in total. The molecule has 0 spiro atoms. The summed E-state index contributed by atoms with van der Waals surface area (Å²) in [6.45, 7) is 6.32. The van der Waals surface area contributed by atoms with Crippen LogP contribution < -0.4 is 5.73 Å². The van der Waals surface area contributed by atoms with Crippen LogP contribution in [0.15, 0.2) is 30.3 Å². The predicted octanol–water partition coefficient (Wildman–Crippen LogP) is 3.10. The van der Waals surface area contributed by atoms with Gasteiger partial charge in [0.1, 0.15) is 0 Å². The Morgan fingerprint density at radius 1 is 1.33 bits per heavy atom. The zero-order valence-electron chi connectivity index (χ0n) is 16.5. The number of benzene rings is 1. The highest BCUT2D eigenvalue weighted by atomic mass is 35.5. The lowest BCUT2D eigenvalue weighted by atomic mass is 10.0. The summed E-state index contributed by atoms with van der Waals surface area (Å²) >= 11 is 0. The van der Waals surface area contributed by atoms with Crippen LogP contribution >= 0.6 is 24.8 Å². The van der Waals surface area contributed by atoms with Crippen LogP contribution in [0.4, 0.5) is 0 Å². The fourth-order valence-corrected chi connectivity index (χ4v) is 3.60. The number of ether oxygens (including phenoxy) is 1. The van der Waals surface area contributed by atoms with E-state index in [2.05, 4.69) is 41.0 Å². The highest BCUT2D eigenvalue weighted by Crippen LogP contribution is 2.20. The number of piperidine rings is 1. The van der Waals surface area contributed by atoms with Crippen LogP contribution in [0.5, 0.6) is 0 Å². The third-order valence-corrected chi connectivity index (χ3v) is 4.95. The Hall–Kier alpha value is -0.850. The van der Waals surface area contributed by atoms with Gasteiger partial charge < -0.3 is 15.4 Å². The Morgan fingerprint density at radius 2 is 2.04 bits per heavy atom. The first kappa shape index (κ1) is 26.1. The molecule has 0 radical (unpaired) electrons. The molecule has 1 aromatic carbocycles. The lowest BCUT2D eigenvalue weighted by Gasteiger charge is -2.40. The van der Waals surface area contributed by atoms with Crippen LogP contribution in [-0.2, 0) is 16.1 Å². The molecule has 7 heteroatoms. The minimum absolute atomic E-state index is 0. The second-order valence-corrected chi connectivity index (χ2v) is 6.90. The number of halogens is 2. The maximum absolute atomic E-state index is 12.8. The van der Waals surface area contributed by atoms with Crippen molar-refractivity contribution in [3.63, 3.8) is 0 Å². The topological polar surface area (TPSA) is 58.8 Å². The summed E-state index contributed by atoms with van der Waals surface area (Å²) in [4.78, 5) is 17.3. The average Bonchev–Trinajstić information content (AvgIpc) is 2.65. The van der Waals surface area contributed by atoms with Gasteiger partial charge in [0.15, 0.2) is 0 Å². The molecule has 0 aromatic heterocycles. The number of nitrogens with zero attached hydrogens (tertiary/aromatic N) is 2. The number of hydrogen-bond donors (Lipinski definition) is 1. The van der Waals surface area contributed by atoms with Gasteiger partial charge in [0.25, 0.3) is 0 Å². The molecule has 1 amide bonds. The minimum Gasteiger partial charge on any atom is -0.380 e. The van der Waals surface area contributed by atoms with Crippen LogP contribution in [-0.4, -0.2) is 61.1 Å². The zero-order chi connectivity index (χ0) is 18.1. The molecule has 2 rings (SSSR count). The van der Waals surface area contributed by atoms with Gasteiger partial charge in [0.05, 0.1) is 12.5 Å². The van der Waals surface area contributed by atoms with Crippen molar-refractivity contribution in [2.24, 2.45) is 5.73 Å². The molecule has 0 bridgehead atoms. The van der Waals surface area contributed by atoms with Gasteiger partial charge in [-0.05, 0) is 31.4 Å². The maximum Gasteiger partial charge on any atom is 0.225 e. The number of carbonyl (C=O) groups excluding carboxylic acids is 1. The number of rotatable bonds is 9. The molecular weight excluding hydrogens is 385 g/mol. The number of nitrogens with two attached hydrogens (primary N) is 1. The lowest BCUT2D eigenvalue weighted by molar-refractivity contribution is -0.137. The fraction of sp³-hybridized carbons (Fsp3) is 0.650. The molecule has 5 nitrogen and oxygen atoms in total. The largest absolute Gasteiger partial charge is 0.380 e. The number of hydrogen-bond acceptors (Lipinski definition) is 4. The quantitative estimate of drug-likeness (QED) is 0.667. The normalized spacial score (nSPS) is 18.1. The average molecular weight is 420 g/mol. The van der Waals surface area contributed by atoms with Crippen LogP contribution in [0.1, 0.15) is 38.2 Å². The lowest BCUT2D eigenvalue weighted by Crippen LogP contribution is -2.51. The minimum atomic E-state index is -0.184. The second-order valence-electron chi connectivity index (χ2n) is 6.90. The van der Waals surface area contributed by atoms with Crippen molar-refractivity contribution in [1.82, 2.24) is 9.80 Å². The van der Waals surface area contributed by atoms with E-state index in [9.17, 15) is 4.79 Å². The number of amides is 1. The zero-order valence-corrected chi connectivity index (χ0v) is 18.1. The van der Waals surface area contributed by atoms with Crippen molar-refractivity contribution in [2.75, 3.05) is 33.3 Å². The SMILES string of the molecule is CCCN(C(=O)CC(CN)OC)C1CCCN(Cc2ccccc2)C1.Cl.Cl. The second kappa shape index (κ2) is 14.2. The smallest absolute Gasteiger partial charge is 0.225 e. The molecular formula is C20H35Cl2N3O2. The Balaban J connectivity index is 0.00000338. The monoisotopic (exact) mass is 419 g/mol. The van der Waals surface area contributed by atoms with Gasteiger partial charge in [-0.2, -0.15) is 0 Å². The fourth-order valence-electron chi connectivity index (χ4n) is 3.60. The van der Waals surface area contributed by atoms with Gasteiger partial charge in [-0.25, -0.2) is 0 Å². The summed E-state index contributed by atoms with van der Waals surface area (Å²) in [5.74, 6) is 0.172. The molecule has 1 aliphatic heterocycles. The molecule has 27 heavy (non-hydrogen) atoms. The van der Waals surface area contributed by atoms with Gasteiger partial charge in [-0.3, -0.25) is 9.69 Å². The first-order valence-corrected chi connectivity index (χ1v) is 9.46. The van der Waals surface area contributed by atoms with Gasteiger partial charge in [0, 0.05) is 39.3 Å². The summed E-state index contributed by atoms with van der Waals surface area (Å²) in [7, 11) is 1.62. The summed E-state index contributed by atoms with van der Waals surface area (Å²) in [6, 6.07) is 10.8. The Morgan fingerprint density at radius 3 is 2.63 bits per heavy atom. The van der Waals surface area contributed by atoms with Gasteiger partial charge in [0.2, 0.25) is 5.91 Å². The number of likely N-dealkylation sites (tertiary alicyclic amines) is 1. The molecule has 1 fully saturated rings. The van der Waals surface area contributed by atoms with E-state index in [0.717, 1.165) is 45.4 Å². The van der Waals surface area contributed by atoms with Crippen molar-refractivity contribution in [2.45, 2.75) is 51.3 Å². The number of carbonyl (C=O) groups is 1. The highest BCUT2D eigenvalue weighted by molar-refractivity contribution is 5.85.